The molecular weight excluding hydrogens is 228 g/mol. The lowest BCUT2D eigenvalue weighted by atomic mass is 10.0. The van der Waals surface area contributed by atoms with E-state index < -0.39 is 15.2 Å². The molecule has 0 N–H and O–H groups in total. The van der Waals surface area contributed by atoms with Gasteiger partial charge in [0.25, 0.3) is 5.12 Å². The highest BCUT2D eigenvalue weighted by Crippen LogP contribution is 2.19. The van der Waals surface area contributed by atoms with Crippen LogP contribution in [-0.4, -0.2) is 13.5 Å². The van der Waals surface area contributed by atoms with E-state index in [1.54, 1.807) is 12.1 Å². The van der Waals surface area contributed by atoms with Gasteiger partial charge in [0.1, 0.15) is 5.75 Å². The van der Waals surface area contributed by atoms with Gasteiger partial charge in [0.05, 0.1) is 0 Å². The Balaban J connectivity index is 2.89. The fourth-order valence-corrected chi connectivity index (χ4v) is 1.58. The molecule has 0 aromatic heterocycles. The van der Waals surface area contributed by atoms with Crippen molar-refractivity contribution in [3.63, 3.8) is 0 Å². The van der Waals surface area contributed by atoms with Crippen molar-refractivity contribution < 1.29 is 17.4 Å². The van der Waals surface area contributed by atoms with Gasteiger partial charge in [-0.2, -0.15) is 8.42 Å². The lowest BCUT2D eigenvalue weighted by Gasteiger charge is -2.07. The Bertz CT molecular complexity index is 471. The molecule has 1 rings (SSSR count). The summed E-state index contributed by atoms with van der Waals surface area (Å²) >= 11 is 0. The van der Waals surface area contributed by atoms with Crippen molar-refractivity contribution >= 4 is 15.2 Å². The van der Waals surface area contributed by atoms with E-state index >= 15 is 0 Å². The molecule has 0 spiro atoms. The molecule has 0 radical (unpaired) electrons. The van der Waals surface area contributed by atoms with E-state index in [0.29, 0.717) is 5.92 Å². The maximum Gasteiger partial charge on any atom is 0.373 e. The zero-order valence-electron chi connectivity index (χ0n) is 9.43. The summed E-state index contributed by atoms with van der Waals surface area (Å²) in [7, 11) is -4.12. The quantitative estimate of drug-likeness (QED) is 0.761. The van der Waals surface area contributed by atoms with E-state index in [1.807, 2.05) is 13.8 Å². The molecule has 0 aliphatic heterocycles. The number of benzene rings is 1. The molecule has 0 amide bonds. The fraction of sp³-hybridized carbons (Fsp3) is 0.364. The second-order valence-corrected chi connectivity index (χ2v) is 5.40. The third-order valence-electron chi connectivity index (χ3n) is 2.10. The second kappa shape index (κ2) is 4.65. The van der Waals surface area contributed by atoms with Gasteiger partial charge in [0, 0.05) is 6.92 Å². The minimum atomic E-state index is -4.12. The third-order valence-corrected chi connectivity index (χ3v) is 3.22. The molecular formula is C11H14O4S. The molecule has 0 aliphatic rings. The lowest BCUT2D eigenvalue weighted by Crippen LogP contribution is -2.17. The molecule has 0 saturated carbocycles. The number of carbonyl (C=O) groups is 1. The van der Waals surface area contributed by atoms with Gasteiger partial charge in [-0.3, -0.25) is 4.79 Å². The van der Waals surface area contributed by atoms with Gasteiger partial charge < -0.3 is 4.18 Å². The summed E-state index contributed by atoms with van der Waals surface area (Å²) in [4.78, 5) is 10.7. The van der Waals surface area contributed by atoms with Gasteiger partial charge in [-0.15, -0.1) is 0 Å². The van der Waals surface area contributed by atoms with Crippen LogP contribution >= 0.6 is 0 Å². The Morgan fingerprint density at radius 2 is 1.69 bits per heavy atom. The smallest absolute Gasteiger partial charge is 0.373 e. The average molecular weight is 242 g/mol. The molecule has 16 heavy (non-hydrogen) atoms. The number of hydrogen-bond acceptors (Lipinski definition) is 4. The van der Waals surface area contributed by atoms with E-state index in [4.69, 9.17) is 0 Å². The summed E-state index contributed by atoms with van der Waals surface area (Å²) < 4.78 is 26.9. The van der Waals surface area contributed by atoms with Crippen molar-refractivity contribution in [1.82, 2.24) is 0 Å². The van der Waals surface area contributed by atoms with Crippen LogP contribution in [0.5, 0.6) is 5.75 Å². The Morgan fingerprint density at radius 1 is 1.19 bits per heavy atom. The summed E-state index contributed by atoms with van der Waals surface area (Å²) in [5.41, 5.74) is 1.08. The molecule has 0 fully saturated rings. The van der Waals surface area contributed by atoms with E-state index in [-0.39, 0.29) is 5.75 Å². The third kappa shape index (κ3) is 3.06. The molecule has 0 heterocycles. The topological polar surface area (TPSA) is 60.4 Å². The van der Waals surface area contributed by atoms with Crippen molar-refractivity contribution in [3.05, 3.63) is 29.8 Å². The van der Waals surface area contributed by atoms with Crippen molar-refractivity contribution in [3.8, 4) is 5.75 Å². The van der Waals surface area contributed by atoms with Crippen LogP contribution in [0.15, 0.2) is 24.3 Å². The van der Waals surface area contributed by atoms with E-state index in [1.165, 1.54) is 12.1 Å². The van der Waals surface area contributed by atoms with Crippen molar-refractivity contribution in [2.75, 3.05) is 0 Å². The molecule has 5 heteroatoms. The SMILES string of the molecule is CC(=O)S(=O)(=O)Oc1ccc(C(C)C)cc1. The highest BCUT2D eigenvalue weighted by atomic mass is 32.2. The first-order valence-electron chi connectivity index (χ1n) is 4.88. The number of hydrogen-bond donors (Lipinski definition) is 0. The molecule has 0 saturated heterocycles. The zero-order valence-corrected chi connectivity index (χ0v) is 10.2. The first kappa shape index (κ1) is 12.7. The van der Waals surface area contributed by atoms with E-state index in [9.17, 15) is 13.2 Å². The maximum absolute atomic E-state index is 11.1. The highest BCUT2D eigenvalue weighted by molar-refractivity contribution is 8.02. The predicted octanol–water partition coefficient (Wildman–Crippen LogP) is 2.07. The molecule has 1 aromatic carbocycles. The molecule has 0 unspecified atom stereocenters. The fourth-order valence-electron chi connectivity index (χ4n) is 1.09. The minimum absolute atomic E-state index is 0.152. The van der Waals surface area contributed by atoms with Gasteiger partial charge in [-0.05, 0) is 23.6 Å². The van der Waals surface area contributed by atoms with Gasteiger partial charge in [0.15, 0.2) is 0 Å². The summed E-state index contributed by atoms with van der Waals surface area (Å²) in [6.07, 6.45) is 0. The molecule has 0 atom stereocenters. The molecule has 0 aliphatic carbocycles. The number of rotatable bonds is 3. The standard InChI is InChI=1S/C11H14O4S/c1-8(2)10-4-6-11(7-5-10)15-16(13,14)9(3)12/h4-8H,1-3H3. The van der Waals surface area contributed by atoms with Gasteiger partial charge in [-0.1, -0.05) is 26.0 Å². The average Bonchev–Trinajstić information content (AvgIpc) is 2.17. The normalized spacial score (nSPS) is 11.5. The van der Waals surface area contributed by atoms with Crippen LogP contribution in [-0.2, 0) is 14.9 Å². The van der Waals surface area contributed by atoms with Crippen molar-refractivity contribution in [2.45, 2.75) is 26.7 Å². The minimum Gasteiger partial charge on any atom is -0.377 e. The summed E-state index contributed by atoms with van der Waals surface area (Å²) in [5, 5.41) is -1.000. The van der Waals surface area contributed by atoms with E-state index in [2.05, 4.69) is 4.18 Å². The Hall–Kier alpha value is -1.36. The Morgan fingerprint density at radius 3 is 2.06 bits per heavy atom. The molecule has 0 bridgehead atoms. The van der Waals surface area contributed by atoms with Gasteiger partial charge >= 0.3 is 10.1 Å². The van der Waals surface area contributed by atoms with Crippen LogP contribution in [0.2, 0.25) is 0 Å². The van der Waals surface area contributed by atoms with Crippen LogP contribution in [0, 0.1) is 0 Å². The predicted molar refractivity (Wildman–Crippen MR) is 60.8 cm³/mol. The summed E-state index contributed by atoms with van der Waals surface area (Å²) in [6, 6.07) is 6.62. The largest absolute Gasteiger partial charge is 0.377 e. The van der Waals surface area contributed by atoms with Crippen LogP contribution in [0.1, 0.15) is 32.3 Å². The molecule has 4 nitrogen and oxygen atoms in total. The first-order valence-corrected chi connectivity index (χ1v) is 6.29. The van der Waals surface area contributed by atoms with Crippen LogP contribution < -0.4 is 4.18 Å². The van der Waals surface area contributed by atoms with Crippen LogP contribution in [0.4, 0.5) is 0 Å². The first-order chi connectivity index (χ1) is 7.33. The number of carbonyl (C=O) groups excluding carboxylic acids is 1. The van der Waals surface area contributed by atoms with Gasteiger partial charge in [0.2, 0.25) is 0 Å². The van der Waals surface area contributed by atoms with Gasteiger partial charge in [-0.25, -0.2) is 0 Å². The zero-order chi connectivity index (χ0) is 12.3. The van der Waals surface area contributed by atoms with Crippen molar-refractivity contribution in [1.29, 1.82) is 0 Å². The maximum atomic E-state index is 11.1. The molecule has 1 aromatic rings. The summed E-state index contributed by atoms with van der Waals surface area (Å²) in [5.74, 6) is 0.512. The van der Waals surface area contributed by atoms with Crippen LogP contribution in [0.3, 0.4) is 0 Å². The molecule has 88 valence electrons. The lowest BCUT2D eigenvalue weighted by molar-refractivity contribution is -0.110. The Labute approximate surface area is 95.4 Å². The second-order valence-electron chi connectivity index (χ2n) is 3.75. The van der Waals surface area contributed by atoms with Crippen molar-refractivity contribution in [2.24, 2.45) is 0 Å². The monoisotopic (exact) mass is 242 g/mol. The van der Waals surface area contributed by atoms with Crippen LogP contribution in [0.25, 0.3) is 0 Å². The van der Waals surface area contributed by atoms with E-state index in [0.717, 1.165) is 12.5 Å². The summed E-state index contributed by atoms with van der Waals surface area (Å²) in [6.45, 7) is 5.02. The highest BCUT2D eigenvalue weighted by Gasteiger charge is 2.19. The Kier molecular flexibility index (Phi) is 3.70.